The molecule has 1 rings (SSSR count). The van der Waals surface area contributed by atoms with Crippen LogP contribution in [0.2, 0.25) is 5.02 Å². The van der Waals surface area contributed by atoms with Crippen LogP contribution in [0.1, 0.15) is 12.5 Å². The molecule has 0 unspecified atom stereocenters. The van der Waals surface area contributed by atoms with E-state index in [1.165, 1.54) is 6.08 Å². The summed E-state index contributed by atoms with van der Waals surface area (Å²) in [5.74, 6) is 0.849. The molecule has 0 amide bonds. The van der Waals surface area contributed by atoms with Gasteiger partial charge in [-0.05, 0) is 24.6 Å². The number of nitro groups is 1. The second-order valence-electron chi connectivity index (χ2n) is 3.46. The Hall–Kier alpha value is -2.01. The summed E-state index contributed by atoms with van der Waals surface area (Å²) in [7, 11) is 0. The largest absolute Gasteiger partial charge is 0.490 e. The van der Waals surface area contributed by atoms with E-state index in [2.05, 4.69) is 6.58 Å². The van der Waals surface area contributed by atoms with Gasteiger partial charge in [-0.3, -0.25) is 10.1 Å². The Balaban J connectivity index is 3.12. The van der Waals surface area contributed by atoms with Gasteiger partial charge in [0.25, 0.3) is 0 Å². The van der Waals surface area contributed by atoms with Crippen LogP contribution in [0.4, 0.5) is 0 Å². The van der Waals surface area contributed by atoms with Crippen LogP contribution in [-0.2, 0) is 0 Å². The summed E-state index contributed by atoms with van der Waals surface area (Å²) in [6.07, 6.45) is 3.77. The maximum Gasteiger partial charge on any atom is 0.235 e. The summed E-state index contributed by atoms with van der Waals surface area (Å²) >= 11 is 6.08. The van der Waals surface area contributed by atoms with Gasteiger partial charge in [-0.1, -0.05) is 24.3 Å². The zero-order valence-electron chi connectivity index (χ0n) is 10.5. The molecule has 0 N–H and O–H groups in total. The van der Waals surface area contributed by atoms with Crippen LogP contribution in [0.15, 0.2) is 31.0 Å². The molecule has 0 aliphatic heterocycles. The molecule has 0 saturated heterocycles. The normalized spacial score (nSPS) is 10.4. The quantitative estimate of drug-likeness (QED) is 0.436. The van der Waals surface area contributed by atoms with Crippen LogP contribution in [-0.4, -0.2) is 18.1 Å². The summed E-state index contributed by atoms with van der Waals surface area (Å²) in [5.41, 5.74) is 0.566. The lowest BCUT2D eigenvalue weighted by molar-refractivity contribution is -0.400. The Morgan fingerprint density at radius 2 is 2.21 bits per heavy atom. The van der Waals surface area contributed by atoms with Gasteiger partial charge in [-0.25, -0.2) is 0 Å². The molecule has 0 aromatic heterocycles. The Bertz CT molecular complexity index is 500. The Kier molecular flexibility index (Phi) is 5.89. The first-order valence-corrected chi connectivity index (χ1v) is 5.98. The SMILES string of the molecule is C=CCOc1c(Cl)cc(C=C[N+](=O)[O-])cc1OCC. The maximum atomic E-state index is 10.3. The first kappa shape index (κ1) is 15.0. The number of rotatable bonds is 7. The van der Waals surface area contributed by atoms with Crippen molar-refractivity contribution in [1.82, 2.24) is 0 Å². The lowest BCUT2D eigenvalue weighted by Crippen LogP contribution is -2.00. The summed E-state index contributed by atoms with van der Waals surface area (Å²) in [4.78, 5) is 9.75. The minimum Gasteiger partial charge on any atom is -0.490 e. The number of nitrogens with zero attached hydrogens (tertiary/aromatic N) is 1. The molecule has 0 atom stereocenters. The van der Waals surface area contributed by atoms with Crippen molar-refractivity contribution in [3.8, 4) is 11.5 Å². The maximum absolute atomic E-state index is 10.3. The molecule has 0 fully saturated rings. The molecule has 0 radical (unpaired) electrons. The molecule has 6 heteroatoms. The number of benzene rings is 1. The number of hydrogen-bond acceptors (Lipinski definition) is 4. The van der Waals surface area contributed by atoms with Gasteiger partial charge < -0.3 is 9.47 Å². The van der Waals surface area contributed by atoms with Crippen molar-refractivity contribution in [1.29, 1.82) is 0 Å². The van der Waals surface area contributed by atoms with Crippen molar-refractivity contribution in [2.75, 3.05) is 13.2 Å². The van der Waals surface area contributed by atoms with E-state index < -0.39 is 4.92 Å². The highest BCUT2D eigenvalue weighted by Gasteiger charge is 2.11. The Morgan fingerprint density at radius 3 is 2.79 bits per heavy atom. The standard InChI is InChI=1S/C13H14ClNO4/c1-3-7-19-13-11(14)8-10(5-6-15(16)17)9-12(13)18-4-2/h3,5-6,8-9H,1,4,7H2,2H3. The van der Waals surface area contributed by atoms with Gasteiger partial charge in [-0.15, -0.1) is 0 Å². The van der Waals surface area contributed by atoms with Gasteiger partial charge in [0.05, 0.1) is 16.6 Å². The zero-order chi connectivity index (χ0) is 14.3. The minimum absolute atomic E-state index is 0.296. The highest BCUT2D eigenvalue weighted by molar-refractivity contribution is 6.32. The molecule has 5 nitrogen and oxygen atoms in total. The lowest BCUT2D eigenvalue weighted by Gasteiger charge is -2.13. The second kappa shape index (κ2) is 7.43. The molecular formula is C13H14ClNO4. The van der Waals surface area contributed by atoms with Crippen LogP contribution in [0, 0.1) is 10.1 Å². The van der Waals surface area contributed by atoms with Crippen molar-refractivity contribution in [2.45, 2.75) is 6.92 Å². The first-order chi connectivity index (χ1) is 9.08. The predicted octanol–water partition coefficient (Wildman–Crippen LogP) is 3.55. The zero-order valence-corrected chi connectivity index (χ0v) is 11.2. The van der Waals surface area contributed by atoms with Crippen molar-refractivity contribution in [3.05, 3.63) is 51.7 Å². The highest BCUT2D eigenvalue weighted by Crippen LogP contribution is 2.37. The molecule has 19 heavy (non-hydrogen) atoms. The average molecular weight is 284 g/mol. The molecule has 0 aliphatic rings. The van der Waals surface area contributed by atoms with Gasteiger partial charge in [0.1, 0.15) is 6.61 Å². The van der Waals surface area contributed by atoms with E-state index in [-0.39, 0.29) is 0 Å². The number of hydrogen-bond donors (Lipinski definition) is 0. The minimum atomic E-state index is -0.545. The van der Waals surface area contributed by atoms with E-state index in [9.17, 15) is 10.1 Å². The van der Waals surface area contributed by atoms with Crippen LogP contribution < -0.4 is 9.47 Å². The molecule has 102 valence electrons. The van der Waals surface area contributed by atoms with Crippen molar-refractivity contribution in [2.24, 2.45) is 0 Å². The molecule has 1 aromatic rings. The van der Waals surface area contributed by atoms with Gasteiger partial charge >= 0.3 is 0 Å². The van der Waals surface area contributed by atoms with Crippen LogP contribution in [0.5, 0.6) is 11.5 Å². The van der Waals surface area contributed by atoms with E-state index in [0.29, 0.717) is 35.3 Å². The molecule has 0 spiro atoms. The molecule has 0 aliphatic carbocycles. The molecule has 1 aromatic carbocycles. The number of halogens is 1. The third-order valence-corrected chi connectivity index (χ3v) is 2.35. The molecule has 0 saturated carbocycles. The van der Waals surface area contributed by atoms with Crippen LogP contribution in [0.25, 0.3) is 6.08 Å². The molecule has 0 bridgehead atoms. The fourth-order valence-electron chi connectivity index (χ4n) is 1.38. The van der Waals surface area contributed by atoms with E-state index in [0.717, 1.165) is 6.20 Å². The van der Waals surface area contributed by atoms with Crippen molar-refractivity contribution >= 4 is 17.7 Å². The monoisotopic (exact) mass is 283 g/mol. The highest BCUT2D eigenvalue weighted by atomic mass is 35.5. The topological polar surface area (TPSA) is 61.6 Å². The molecule has 0 heterocycles. The van der Waals surface area contributed by atoms with Gasteiger partial charge in [-0.2, -0.15) is 0 Å². The van der Waals surface area contributed by atoms with Gasteiger partial charge in [0.15, 0.2) is 11.5 Å². The summed E-state index contributed by atoms with van der Waals surface area (Å²) < 4.78 is 10.8. The lowest BCUT2D eigenvalue weighted by atomic mass is 10.2. The predicted molar refractivity (Wildman–Crippen MR) is 74.3 cm³/mol. The van der Waals surface area contributed by atoms with Gasteiger partial charge in [0.2, 0.25) is 6.20 Å². The van der Waals surface area contributed by atoms with E-state index in [1.807, 2.05) is 6.92 Å². The van der Waals surface area contributed by atoms with Gasteiger partial charge in [0, 0.05) is 6.08 Å². The summed E-state index contributed by atoms with van der Waals surface area (Å²) in [5, 5.41) is 10.6. The smallest absolute Gasteiger partial charge is 0.235 e. The fourth-order valence-corrected chi connectivity index (χ4v) is 1.65. The summed E-state index contributed by atoms with van der Waals surface area (Å²) in [6.45, 7) is 6.11. The first-order valence-electron chi connectivity index (χ1n) is 5.60. The van der Waals surface area contributed by atoms with E-state index >= 15 is 0 Å². The van der Waals surface area contributed by atoms with E-state index in [1.54, 1.807) is 18.2 Å². The van der Waals surface area contributed by atoms with E-state index in [4.69, 9.17) is 21.1 Å². The summed E-state index contributed by atoms with van der Waals surface area (Å²) in [6, 6.07) is 3.20. The molecular weight excluding hydrogens is 270 g/mol. The third kappa shape index (κ3) is 4.63. The second-order valence-corrected chi connectivity index (χ2v) is 3.87. The average Bonchev–Trinajstić information content (AvgIpc) is 2.36. The van der Waals surface area contributed by atoms with Crippen LogP contribution in [0.3, 0.4) is 0 Å². The van der Waals surface area contributed by atoms with Crippen molar-refractivity contribution < 1.29 is 14.4 Å². The van der Waals surface area contributed by atoms with Crippen LogP contribution >= 0.6 is 11.6 Å². The third-order valence-electron chi connectivity index (χ3n) is 2.07. The Morgan fingerprint density at radius 1 is 1.47 bits per heavy atom. The fraction of sp³-hybridized carbons (Fsp3) is 0.231. The Labute approximate surface area is 116 Å². The van der Waals surface area contributed by atoms with Crippen molar-refractivity contribution in [3.63, 3.8) is 0 Å². The number of ether oxygens (including phenoxy) is 2.